The highest BCUT2D eigenvalue weighted by molar-refractivity contribution is 6.31. The van der Waals surface area contributed by atoms with E-state index in [2.05, 4.69) is 18.3 Å². The minimum absolute atomic E-state index is 0.0470. The summed E-state index contributed by atoms with van der Waals surface area (Å²) in [6.45, 7) is 5.42. The fourth-order valence-corrected chi connectivity index (χ4v) is 2.62. The van der Waals surface area contributed by atoms with Crippen molar-refractivity contribution in [2.75, 3.05) is 20.8 Å². The molecule has 0 bridgehead atoms. The molecule has 0 amide bonds. The van der Waals surface area contributed by atoms with Gasteiger partial charge in [0, 0.05) is 24.2 Å². The smallest absolute Gasteiger partial charge is 0.162 e. The van der Waals surface area contributed by atoms with Gasteiger partial charge in [-0.2, -0.15) is 0 Å². The molecule has 130 valence electrons. The Morgan fingerprint density at radius 2 is 1.79 bits per heavy atom. The quantitative estimate of drug-likeness (QED) is 0.774. The van der Waals surface area contributed by atoms with Crippen LogP contribution in [0, 0.1) is 6.92 Å². The Hall–Kier alpha value is -1.91. The summed E-state index contributed by atoms with van der Waals surface area (Å²) in [4.78, 5) is 0. The van der Waals surface area contributed by atoms with Crippen LogP contribution in [-0.2, 0) is 6.54 Å². The van der Waals surface area contributed by atoms with E-state index in [4.69, 9.17) is 25.8 Å². The fraction of sp³-hybridized carbons (Fsp3) is 0.368. The van der Waals surface area contributed by atoms with Gasteiger partial charge in [0.05, 0.1) is 14.2 Å². The van der Waals surface area contributed by atoms with Crippen molar-refractivity contribution in [1.82, 2.24) is 5.32 Å². The molecule has 1 N–H and O–H groups in total. The maximum Gasteiger partial charge on any atom is 0.162 e. The summed E-state index contributed by atoms with van der Waals surface area (Å²) >= 11 is 6.29. The Balaban J connectivity index is 1.89. The molecular weight excluding hydrogens is 326 g/mol. The third-order valence-electron chi connectivity index (χ3n) is 3.63. The molecule has 0 heterocycles. The molecule has 0 aliphatic carbocycles. The summed E-state index contributed by atoms with van der Waals surface area (Å²) in [6, 6.07) is 11.7. The van der Waals surface area contributed by atoms with Gasteiger partial charge < -0.3 is 19.5 Å². The summed E-state index contributed by atoms with van der Waals surface area (Å²) in [6.07, 6.45) is 0.0470. The van der Waals surface area contributed by atoms with Crippen LogP contribution in [0.5, 0.6) is 17.2 Å². The molecule has 0 aromatic heterocycles. The largest absolute Gasteiger partial charge is 0.493 e. The van der Waals surface area contributed by atoms with Crippen LogP contribution in [0.3, 0.4) is 0 Å². The van der Waals surface area contributed by atoms with Crippen LogP contribution >= 0.6 is 11.6 Å². The maximum absolute atomic E-state index is 6.29. The minimum Gasteiger partial charge on any atom is -0.493 e. The van der Waals surface area contributed by atoms with Crippen LogP contribution in [0.4, 0.5) is 0 Å². The predicted molar refractivity (Wildman–Crippen MR) is 97.5 cm³/mol. The molecular formula is C19H24ClNO3. The number of hydrogen-bond acceptors (Lipinski definition) is 4. The summed E-state index contributed by atoms with van der Waals surface area (Å²) in [7, 11) is 3.21. The lowest BCUT2D eigenvalue weighted by molar-refractivity contribution is 0.216. The van der Waals surface area contributed by atoms with Gasteiger partial charge in [-0.25, -0.2) is 0 Å². The fourth-order valence-electron chi connectivity index (χ4n) is 2.40. The summed E-state index contributed by atoms with van der Waals surface area (Å²) in [5.41, 5.74) is 2.14. The predicted octanol–water partition coefficient (Wildman–Crippen LogP) is 4.22. The van der Waals surface area contributed by atoms with Gasteiger partial charge in [0.2, 0.25) is 0 Å². The first kappa shape index (κ1) is 18.4. The third kappa shape index (κ3) is 5.05. The molecule has 1 atom stereocenters. The lowest BCUT2D eigenvalue weighted by atomic mass is 10.2. The van der Waals surface area contributed by atoms with Gasteiger partial charge >= 0.3 is 0 Å². The maximum atomic E-state index is 6.29. The highest BCUT2D eigenvalue weighted by Gasteiger charge is 2.10. The Kier molecular flexibility index (Phi) is 6.76. The molecule has 24 heavy (non-hydrogen) atoms. The van der Waals surface area contributed by atoms with E-state index in [9.17, 15) is 0 Å². The van der Waals surface area contributed by atoms with Gasteiger partial charge in [-0.3, -0.25) is 0 Å². The first-order valence-electron chi connectivity index (χ1n) is 7.88. The monoisotopic (exact) mass is 349 g/mol. The number of methoxy groups -OCH3 is 2. The van der Waals surface area contributed by atoms with E-state index in [0.717, 1.165) is 11.3 Å². The number of ether oxygens (including phenoxy) is 3. The summed E-state index contributed by atoms with van der Waals surface area (Å²) in [5.74, 6) is 2.18. The van der Waals surface area contributed by atoms with E-state index in [1.807, 2.05) is 31.2 Å². The first-order valence-corrected chi connectivity index (χ1v) is 8.25. The number of hydrogen-bond donors (Lipinski definition) is 1. The number of halogens is 1. The normalized spacial score (nSPS) is 11.9. The Morgan fingerprint density at radius 1 is 1.08 bits per heavy atom. The highest BCUT2D eigenvalue weighted by atomic mass is 35.5. The SMILES string of the molecule is COc1cc(Cl)c(CNCC(C)Oc2cccc(C)c2)cc1OC. The lowest BCUT2D eigenvalue weighted by Crippen LogP contribution is -2.28. The molecule has 1 unspecified atom stereocenters. The van der Waals surface area contributed by atoms with Crippen molar-refractivity contribution in [1.29, 1.82) is 0 Å². The molecule has 0 fully saturated rings. The molecule has 4 nitrogen and oxygen atoms in total. The third-order valence-corrected chi connectivity index (χ3v) is 3.98. The van der Waals surface area contributed by atoms with Crippen molar-refractivity contribution in [3.05, 3.63) is 52.5 Å². The van der Waals surface area contributed by atoms with Gasteiger partial charge in [0.1, 0.15) is 11.9 Å². The molecule has 0 aliphatic rings. The number of nitrogens with one attached hydrogen (secondary N) is 1. The van der Waals surface area contributed by atoms with Crippen molar-refractivity contribution < 1.29 is 14.2 Å². The second-order valence-electron chi connectivity index (χ2n) is 5.67. The summed E-state index contributed by atoms with van der Waals surface area (Å²) < 4.78 is 16.5. The van der Waals surface area contributed by atoms with Crippen molar-refractivity contribution >= 4 is 11.6 Å². The van der Waals surface area contributed by atoms with Gasteiger partial charge in [-0.15, -0.1) is 0 Å². The van der Waals surface area contributed by atoms with E-state index < -0.39 is 0 Å². The molecule has 2 aromatic carbocycles. The number of benzene rings is 2. The minimum atomic E-state index is 0.0470. The molecule has 2 rings (SSSR count). The van der Waals surface area contributed by atoms with Crippen LogP contribution in [0.25, 0.3) is 0 Å². The molecule has 0 spiro atoms. The molecule has 0 radical (unpaired) electrons. The van der Waals surface area contributed by atoms with E-state index in [1.165, 1.54) is 5.56 Å². The second kappa shape index (κ2) is 8.81. The van der Waals surface area contributed by atoms with Gasteiger partial charge in [-0.1, -0.05) is 23.7 Å². The molecule has 0 aliphatic heterocycles. The van der Waals surface area contributed by atoms with Gasteiger partial charge in [0.25, 0.3) is 0 Å². The molecule has 0 saturated carbocycles. The van der Waals surface area contributed by atoms with E-state index in [0.29, 0.717) is 29.6 Å². The van der Waals surface area contributed by atoms with E-state index in [1.54, 1.807) is 20.3 Å². The van der Waals surface area contributed by atoms with Crippen molar-refractivity contribution in [2.45, 2.75) is 26.5 Å². The zero-order valence-corrected chi connectivity index (χ0v) is 15.3. The van der Waals surface area contributed by atoms with Crippen molar-refractivity contribution in [3.8, 4) is 17.2 Å². The van der Waals surface area contributed by atoms with Crippen molar-refractivity contribution in [3.63, 3.8) is 0 Å². The molecule has 0 saturated heterocycles. The van der Waals surface area contributed by atoms with Crippen LogP contribution in [0.2, 0.25) is 5.02 Å². The van der Waals surface area contributed by atoms with Crippen LogP contribution in [-0.4, -0.2) is 26.9 Å². The topological polar surface area (TPSA) is 39.7 Å². The Bertz CT molecular complexity index is 676. The zero-order chi connectivity index (χ0) is 17.5. The molecule has 5 heteroatoms. The first-order chi connectivity index (χ1) is 11.5. The van der Waals surface area contributed by atoms with Crippen LogP contribution in [0.1, 0.15) is 18.1 Å². The highest BCUT2D eigenvalue weighted by Crippen LogP contribution is 2.32. The number of aryl methyl sites for hydroxylation is 1. The molecule has 2 aromatic rings. The Morgan fingerprint density at radius 3 is 2.46 bits per heavy atom. The average molecular weight is 350 g/mol. The second-order valence-corrected chi connectivity index (χ2v) is 6.08. The van der Waals surface area contributed by atoms with Gasteiger partial charge in [-0.05, 0) is 43.2 Å². The standard InChI is InChI=1S/C19H24ClNO3/c1-13-6-5-7-16(8-13)24-14(2)11-21-12-15-9-18(22-3)19(23-4)10-17(15)20/h5-10,14,21H,11-12H2,1-4H3. The summed E-state index contributed by atoms with van der Waals surface area (Å²) in [5, 5.41) is 4.01. The van der Waals surface area contributed by atoms with Crippen LogP contribution < -0.4 is 19.5 Å². The average Bonchev–Trinajstić information content (AvgIpc) is 2.55. The van der Waals surface area contributed by atoms with Gasteiger partial charge in [0.15, 0.2) is 11.5 Å². The van der Waals surface area contributed by atoms with E-state index in [-0.39, 0.29) is 6.10 Å². The van der Waals surface area contributed by atoms with Crippen molar-refractivity contribution in [2.24, 2.45) is 0 Å². The lowest BCUT2D eigenvalue weighted by Gasteiger charge is -2.17. The Labute approximate surface area is 148 Å². The zero-order valence-electron chi connectivity index (χ0n) is 14.6. The van der Waals surface area contributed by atoms with Crippen LogP contribution in [0.15, 0.2) is 36.4 Å². The number of rotatable bonds is 8. The van der Waals surface area contributed by atoms with E-state index >= 15 is 0 Å².